The molecule has 0 amide bonds. The summed E-state index contributed by atoms with van der Waals surface area (Å²) in [5.41, 5.74) is 0.899. The van der Waals surface area contributed by atoms with Gasteiger partial charge in [0.05, 0.1) is 25.0 Å². The minimum atomic E-state index is -0.850. The van der Waals surface area contributed by atoms with Crippen LogP contribution in [0, 0.1) is 11.8 Å². The summed E-state index contributed by atoms with van der Waals surface area (Å²) in [5.74, 6) is 3.03. The molecule has 1 saturated heterocycles. The first-order valence-corrected chi connectivity index (χ1v) is 12.7. The number of likely N-dealkylation sites (tertiary alicyclic amines) is 1. The lowest BCUT2D eigenvalue weighted by Crippen LogP contribution is -2.32. The highest BCUT2D eigenvalue weighted by Gasteiger charge is 2.41. The molecule has 3 heteroatoms. The molecule has 2 unspecified atom stereocenters. The summed E-state index contributed by atoms with van der Waals surface area (Å²) in [7, 11) is 0. The first kappa shape index (κ1) is 18.8. The Hall–Kier alpha value is 0.740. The SMILES string of the molecule is CC(C)C[P+](C)(SCCN1CCCCC1)C(C)C(C)C. The van der Waals surface area contributed by atoms with Crippen molar-refractivity contribution in [2.75, 3.05) is 38.2 Å². The van der Waals surface area contributed by atoms with Crippen LogP contribution in [-0.2, 0) is 0 Å². The molecule has 0 radical (unpaired) electrons. The zero-order valence-corrected chi connectivity index (χ0v) is 16.4. The van der Waals surface area contributed by atoms with Crippen LogP contribution in [-0.4, -0.2) is 48.8 Å². The van der Waals surface area contributed by atoms with E-state index >= 15 is 0 Å². The molecule has 0 saturated carbocycles. The number of rotatable bonds is 8. The molecule has 1 fully saturated rings. The molecule has 2 atom stereocenters. The molecule has 1 aliphatic rings. The predicted octanol–water partition coefficient (Wildman–Crippen LogP) is 5.47. The zero-order chi connectivity index (χ0) is 15.2. The minimum Gasteiger partial charge on any atom is -0.302 e. The summed E-state index contributed by atoms with van der Waals surface area (Å²) in [6, 6.07) is 0. The molecule has 20 heavy (non-hydrogen) atoms. The van der Waals surface area contributed by atoms with Gasteiger partial charge in [-0.2, -0.15) is 0 Å². The fourth-order valence-electron chi connectivity index (χ4n) is 3.25. The predicted molar refractivity (Wildman–Crippen MR) is 99.6 cm³/mol. The van der Waals surface area contributed by atoms with Crippen molar-refractivity contribution < 1.29 is 0 Å². The maximum absolute atomic E-state index is 2.69. The first-order chi connectivity index (χ1) is 9.35. The Labute approximate surface area is 132 Å². The summed E-state index contributed by atoms with van der Waals surface area (Å²) in [6.07, 6.45) is 5.75. The summed E-state index contributed by atoms with van der Waals surface area (Å²) < 4.78 is 0. The van der Waals surface area contributed by atoms with E-state index in [2.05, 4.69) is 57.6 Å². The fourth-order valence-corrected chi connectivity index (χ4v) is 11.5. The molecule has 1 aliphatic heterocycles. The van der Waals surface area contributed by atoms with Gasteiger partial charge in [-0.1, -0.05) is 34.1 Å². The van der Waals surface area contributed by atoms with Gasteiger partial charge < -0.3 is 4.90 Å². The number of piperidine rings is 1. The number of hydrogen-bond acceptors (Lipinski definition) is 2. The van der Waals surface area contributed by atoms with Crippen LogP contribution in [0.2, 0.25) is 0 Å². The van der Waals surface area contributed by atoms with Gasteiger partial charge in [-0.3, -0.25) is 0 Å². The van der Waals surface area contributed by atoms with Crippen molar-refractivity contribution in [1.29, 1.82) is 0 Å². The smallest absolute Gasteiger partial charge is 0.0792 e. The third-order valence-corrected chi connectivity index (χ3v) is 13.3. The van der Waals surface area contributed by atoms with Crippen LogP contribution < -0.4 is 0 Å². The Morgan fingerprint density at radius 2 is 1.60 bits per heavy atom. The van der Waals surface area contributed by atoms with Crippen molar-refractivity contribution in [1.82, 2.24) is 4.90 Å². The lowest BCUT2D eigenvalue weighted by Gasteiger charge is -2.32. The molecule has 120 valence electrons. The van der Waals surface area contributed by atoms with Crippen LogP contribution in [0.1, 0.15) is 53.9 Å². The fraction of sp³-hybridized carbons (Fsp3) is 1.00. The van der Waals surface area contributed by atoms with Gasteiger partial charge in [-0.25, -0.2) is 0 Å². The van der Waals surface area contributed by atoms with Crippen molar-refractivity contribution in [3.63, 3.8) is 0 Å². The normalized spacial score (nSPS) is 22.2. The monoisotopic (exact) mass is 318 g/mol. The Kier molecular flexibility index (Phi) is 8.46. The molecular weight excluding hydrogens is 281 g/mol. The van der Waals surface area contributed by atoms with Crippen LogP contribution in [0.4, 0.5) is 0 Å². The maximum atomic E-state index is 2.69. The van der Waals surface area contributed by atoms with E-state index in [1.54, 1.807) is 0 Å². The largest absolute Gasteiger partial charge is 0.302 e. The van der Waals surface area contributed by atoms with Crippen LogP contribution in [0.25, 0.3) is 0 Å². The Morgan fingerprint density at radius 1 is 1.00 bits per heavy atom. The Balaban J connectivity index is 2.47. The van der Waals surface area contributed by atoms with Crippen molar-refractivity contribution in [2.24, 2.45) is 11.8 Å². The van der Waals surface area contributed by atoms with E-state index in [0.717, 1.165) is 17.5 Å². The standard InChI is InChI=1S/C17H37NPS/c1-15(2)14-19(6,17(5)16(3)4)20-13-12-18-10-8-7-9-11-18/h15-17H,7-14H2,1-6H3/q+1. The topological polar surface area (TPSA) is 3.24 Å². The molecule has 1 nitrogen and oxygen atoms in total. The van der Waals surface area contributed by atoms with Gasteiger partial charge in [-0.15, -0.1) is 0 Å². The molecule has 0 aliphatic carbocycles. The quantitative estimate of drug-likeness (QED) is 0.546. The highest BCUT2D eigenvalue weighted by Crippen LogP contribution is 2.72. The van der Waals surface area contributed by atoms with Gasteiger partial charge in [0.1, 0.15) is 0 Å². The molecule has 0 spiro atoms. The Bertz CT molecular complexity index is 264. The van der Waals surface area contributed by atoms with E-state index in [1.165, 1.54) is 50.8 Å². The van der Waals surface area contributed by atoms with Crippen LogP contribution in [0.3, 0.4) is 0 Å². The van der Waals surface area contributed by atoms with Gasteiger partial charge in [0.15, 0.2) is 0 Å². The van der Waals surface area contributed by atoms with Crippen LogP contribution in [0.15, 0.2) is 0 Å². The highest BCUT2D eigenvalue weighted by atomic mass is 32.7. The van der Waals surface area contributed by atoms with Gasteiger partial charge in [0, 0.05) is 23.7 Å². The summed E-state index contributed by atoms with van der Waals surface area (Å²) >= 11 is 2.35. The average Bonchev–Trinajstić information content (AvgIpc) is 2.38. The number of hydrogen-bond donors (Lipinski definition) is 0. The van der Waals surface area contributed by atoms with E-state index in [0.29, 0.717) is 0 Å². The number of nitrogens with zero attached hydrogens (tertiary/aromatic N) is 1. The van der Waals surface area contributed by atoms with Crippen molar-refractivity contribution >= 4 is 17.8 Å². The molecule has 0 aromatic heterocycles. The molecule has 1 rings (SSSR count). The van der Waals surface area contributed by atoms with Crippen LogP contribution in [0.5, 0.6) is 0 Å². The lowest BCUT2D eigenvalue weighted by molar-refractivity contribution is 0.242. The second-order valence-electron chi connectivity index (χ2n) is 7.47. The third-order valence-electron chi connectivity index (χ3n) is 4.80. The van der Waals surface area contributed by atoms with Crippen molar-refractivity contribution in [3.8, 4) is 0 Å². The third kappa shape index (κ3) is 6.24. The second-order valence-corrected chi connectivity index (χ2v) is 14.9. The first-order valence-electron chi connectivity index (χ1n) is 8.57. The van der Waals surface area contributed by atoms with E-state index < -0.39 is 6.46 Å². The van der Waals surface area contributed by atoms with Gasteiger partial charge in [0.2, 0.25) is 0 Å². The van der Waals surface area contributed by atoms with Gasteiger partial charge in [0.25, 0.3) is 0 Å². The van der Waals surface area contributed by atoms with Crippen molar-refractivity contribution in [3.05, 3.63) is 0 Å². The van der Waals surface area contributed by atoms with Gasteiger partial charge >= 0.3 is 0 Å². The summed E-state index contributed by atoms with van der Waals surface area (Å²) in [4.78, 5) is 2.69. The van der Waals surface area contributed by atoms with Crippen LogP contribution >= 0.6 is 17.8 Å². The van der Waals surface area contributed by atoms with E-state index in [4.69, 9.17) is 0 Å². The lowest BCUT2D eigenvalue weighted by atomic mass is 10.1. The maximum Gasteiger partial charge on any atom is 0.0792 e. The zero-order valence-electron chi connectivity index (χ0n) is 14.7. The minimum absolute atomic E-state index is 0.828. The molecule has 0 aromatic rings. The Morgan fingerprint density at radius 3 is 2.10 bits per heavy atom. The molecular formula is C17H37NPS+. The molecule has 0 aromatic carbocycles. The van der Waals surface area contributed by atoms with Gasteiger partial charge in [-0.05, 0) is 44.7 Å². The summed E-state index contributed by atoms with van der Waals surface area (Å²) in [6.45, 7) is 17.9. The second kappa shape index (κ2) is 9.01. The van der Waals surface area contributed by atoms with Crippen molar-refractivity contribution in [2.45, 2.75) is 59.5 Å². The average molecular weight is 319 g/mol. The van der Waals surface area contributed by atoms with E-state index in [-0.39, 0.29) is 0 Å². The van der Waals surface area contributed by atoms with E-state index in [9.17, 15) is 0 Å². The summed E-state index contributed by atoms with van der Waals surface area (Å²) in [5, 5.41) is 0. The highest BCUT2D eigenvalue weighted by molar-refractivity contribution is 8.62. The molecule has 1 heterocycles. The molecule has 0 bridgehead atoms. The van der Waals surface area contributed by atoms with E-state index in [1.807, 2.05) is 0 Å². The molecule has 0 N–H and O–H groups in total.